The standard InChI is InChI=1S/C30H50O4/c1-17(2)19-14-21(33)25-29(7)11-8-18-24(28(29,6)12-13-30(19,25)16-31)20(32)15-22-26(3,4)23(34)9-10-27(18,22)5/h8,17,19-25,31-34H,9-16H2,1-7H3/t19-,20-,21+,22-,23?,24-,25+,27+,28-,29+,30+/m0/s1. The number of aliphatic hydroxyl groups excluding tert-OH is 4. The molecule has 0 bridgehead atoms. The molecule has 194 valence electrons. The SMILES string of the molecule is CC(C)[C@@H]1C[C@@H](O)[C@H]2[C@@]1(CO)CC[C@@]1(C)[C@H]3C(=CC[C@]21C)[C@@]1(C)CCC(O)C(C)(C)[C@@H]1C[C@@H]3O. The van der Waals surface area contributed by atoms with E-state index in [1.807, 2.05) is 0 Å². The zero-order chi connectivity index (χ0) is 25.1. The molecule has 0 aliphatic heterocycles. The van der Waals surface area contributed by atoms with Crippen molar-refractivity contribution in [1.82, 2.24) is 0 Å². The first-order valence-corrected chi connectivity index (χ1v) is 14.1. The van der Waals surface area contributed by atoms with E-state index in [0.29, 0.717) is 11.8 Å². The Morgan fingerprint density at radius 3 is 2.21 bits per heavy atom. The Bertz CT molecular complexity index is 864. The van der Waals surface area contributed by atoms with E-state index in [2.05, 4.69) is 54.5 Å². The fourth-order valence-electron chi connectivity index (χ4n) is 11.2. The van der Waals surface area contributed by atoms with E-state index >= 15 is 0 Å². The highest BCUT2D eigenvalue weighted by Gasteiger charge is 2.72. The molecule has 0 spiro atoms. The summed E-state index contributed by atoms with van der Waals surface area (Å²) < 4.78 is 0. The quantitative estimate of drug-likeness (QED) is 0.428. The Kier molecular flexibility index (Phi) is 5.61. The third kappa shape index (κ3) is 2.81. The van der Waals surface area contributed by atoms with Crippen molar-refractivity contribution in [3.8, 4) is 0 Å². The smallest absolute Gasteiger partial charge is 0.0614 e. The van der Waals surface area contributed by atoms with Crippen LogP contribution in [-0.4, -0.2) is 45.3 Å². The lowest BCUT2D eigenvalue weighted by atomic mass is 9.35. The molecule has 0 amide bonds. The largest absolute Gasteiger partial charge is 0.396 e. The van der Waals surface area contributed by atoms with Gasteiger partial charge in [-0.3, -0.25) is 0 Å². The Morgan fingerprint density at radius 1 is 0.912 bits per heavy atom. The summed E-state index contributed by atoms with van der Waals surface area (Å²) in [5, 5.41) is 45.1. The molecule has 1 unspecified atom stereocenters. The van der Waals surface area contributed by atoms with Crippen LogP contribution >= 0.6 is 0 Å². The Hall–Kier alpha value is -0.420. The van der Waals surface area contributed by atoms with Gasteiger partial charge >= 0.3 is 0 Å². The van der Waals surface area contributed by atoms with Gasteiger partial charge in [0.05, 0.1) is 18.3 Å². The van der Waals surface area contributed by atoms with Crippen LogP contribution in [0.5, 0.6) is 0 Å². The number of rotatable bonds is 2. The van der Waals surface area contributed by atoms with Crippen LogP contribution in [0.1, 0.15) is 93.4 Å². The van der Waals surface area contributed by atoms with Crippen LogP contribution in [0.2, 0.25) is 0 Å². The van der Waals surface area contributed by atoms with E-state index < -0.39 is 12.2 Å². The molecule has 0 heterocycles. The first kappa shape index (κ1) is 25.2. The van der Waals surface area contributed by atoms with Crippen LogP contribution in [0.25, 0.3) is 0 Å². The molecule has 4 nitrogen and oxygen atoms in total. The van der Waals surface area contributed by atoms with E-state index in [9.17, 15) is 20.4 Å². The van der Waals surface area contributed by atoms with E-state index in [4.69, 9.17) is 0 Å². The molecule has 0 saturated heterocycles. The third-order valence-electron chi connectivity index (χ3n) is 13.2. The summed E-state index contributed by atoms with van der Waals surface area (Å²) in [6.45, 7) is 16.2. The minimum atomic E-state index is -0.431. The van der Waals surface area contributed by atoms with Crippen LogP contribution in [0.15, 0.2) is 11.6 Å². The normalized spacial score (nSPS) is 56.2. The van der Waals surface area contributed by atoms with Crippen LogP contribution in [0.4, 0.5) is 0 Å². The first-order valence-electron chi connectivity index (χ1n) is 14.1. The van der Waals surface area contributed by atoms with Crippen molar-refractivity contribution >= 4 is 0 Å². The summed E-state index contributed by atoms with van der Waals surface area (Å²) in [5.41, 5.74) is 0.695. The Balaban J connectivity index is 1.62. The van der Waals surface area contributed by atoms with E-state index in [-0.39, 0.29) is 57.5 Å². The molecule has 0 aromatic heterocycles. The van der Waals surface area contributed by atoms with Gasteiger partial charge < -0.3 is 20.4 Å². The van der Waals surface area contributed by atoms with E-state index in [0.717, 1.165) is 44.9 Å². The predicted octanol–water partition coefficient (Wildman–Crippen LogP) is 4.94. The van der Waals surface area contributed by atoms with Gasteiger partial charge in [0.15, 0.2) is 0 Å². The molecule has 5 aliphatic carbocycles. The molecule has 0 aromatic rings. The van der Waals surface area contributed by atoms with Crippen molar-refractivity contribution in [2.24, 2.45) is 56.7 Å². The predicted molar refractivity (Wildman–Crippen MR) is 135 cm³/mol. The monoisotopic (exact) mass is 474 g/mol. The fourth-order valence-corrected chi connectivity index (χ4v) is 11.2. The van der Waals surface area contributed by atoms with Gasteiger partial charge in [-0.1, -0.05) is 60.1 Å². The molecule has 4 saturated carbocycles. The molecule has 5 aliphatic rings. The van der Waals surface area contributed by atoms with Crippen molar-refractivity contribution in [1.29, 1.82) is 0 Å². The van der Waals surface area contributed by atoms with Crippen molar-refractivity contribution < 1.29 is 20.4 Å². The molecule has 4 N–H and O–H groups in total. The van der Waals surface area contributed by atoms with Crippen molar-refractivity contribution in [2.45, 2.75) is 112 Å². The number of fused-ring (bicyclic) bond motifs is 7. The average Bonchev–Trinajstić information content (AvgIpc) is 3.08. The summed E-state index contributed by atoms with van der Waals surface area (Å²) in [4.78, 5) is 0. The first-order chi connectivity index (χ1) is 15.7. The summed E-state index contributed by atoms with van der Waals surface area (Å²) in [7, 11) is 0. The molecule has 4 heteroatoms. The maximum atomic E-state index is 11.8. The minimum absolute atomic E-state index is 0.00274. The van der Waals surface area contributed by atoms with Gasteiger partial charge in [0.1, 0.15) is 0 Å². The van der Waals surface area contributed by atoms with Crippen molar-refractivity contribution in [3.63, 3.8) is 0 Å². The summed E-state index contributed by atoms with van der Waals surface area (Å²) in [6, 6.07) is 0. The van der Waals surface area contributed by atoms with Crippen LogP contribution < -0.4 is 0 Å². The lowest BCUT2D eigenvalue weighted by molar-refractivity contribution is -0.212. The number of hydrogen-bond donors (Lipinski definition) is 4. The molecule has 0 radical (unpaired) electrons. The lowest BCUT2D eigenvalue weighted by Crippen LogP contribution is -2.66. The molecule has 11 atom stereocenters. The Labute approximate surface area is 207 Å². The van der Waals surface area contributed by atoms with Gasteiger partial charge in [-0.25, -0.2) is 0 Å². The highest BCUT2D eigenvalue weighted by molar-refractivity contribution is 5.35. The second-order valence-corrected chi connectivity index (χ2v) is 14.8. The minimum Gasteiger partial charge on any atom is -0.396 e. The van der Waals surface area contributed by atoms with Gasteiger partial charge in [-0.15, -0.1) is 0 Å². The summed E-state index contributed by atoms with van der Waals surface area (Å²) in [6.07, 6.45) is 7.45. The number of aliphatic hydroxyl groups is 4. The topological polar surface area (TPSA) is 80.9 Å². The average molecular weight is 475 g/mol. The van der Waals surface area contributed by atoms with E-state index in [1.165, 1.54) is 5.57 Å². The molecular weight excluding hydrogens is 424 g/mol. The number of hydrogen-bond acceptors (Lipinski definition) is 4. The highest BCUT2D eigenvalue weighted by Crippen LogP contribution is 2.76. The molecule has 0 aromatic carbocycles. The molecular formula is C30H50O4. The summed E-state index contributed by atoms with van der Waals surface area (Å²) in [5.74, 6) is 1.17. The van der Waals surface area contributed by atoms with Crippen molar-refractivity contribution in [3.05, 3.63) is 11.6 Å². The lowest BCUT2D eigenvalue weighted by Gasteiger charge is -2.70. The maximum absolute atomic E-state index is 11.8. The second-order valence-electron chi connectivity index (χ2n) is 14.8. The molecule has 34 heavy (non-hydrogen) atoms. The molecule has 4 fully saturated rings. The summed E-state index contributed by atoms with van der Waals surface area (Å²) >= 11 is 0. The second kappa shape index (κ2) is 7.55. The van der Waals surface area contributed by atoms with Gasteiger partial charge in [0.25, 0.3) is 0 Å². The van der Waals surface area contributed by atoms with E-state index in [1.54, 1.807) is 0 Å². The number of allylic oxidation sites excluding steroid dienone is 1. The highest BCUT2D eigenvalue weighted by atomic mass is 16.3. The fraction of sp³-hybridized carbons (Fsp3) is 0.933. The molecule has 5 rings (SSSR count). The van der Waals surface area contributed by atoms with Gasteiger partial charge in [0, 0.05) is 17.9 Å². The van der Waals surface area contributed by atoms with Gasteiger partial charge in [-0.05, 0) is 90.3 Å². The zero-order valence-corrected chi connectivity index (χ0v) is 22.6. The third-order valence-corrected chi connectivity index (χ3v) is 13.2. The van der Waals surface area contributed by atoms with Crippen LogP contribution in [0.3, 0.4) is 0 Å². The van der Waals surface area contributed by atoms with Crippen LogP contribution in [0, 0.1) is 56.7 Å². The zero-order valence-electron chi connectivity index (χ0n) is 22.6. The van der Waals surface area contributed by atoms with Gasteiger partial charge in [0.2, 0.25) is 0 Å². The van der Waals surface area contributed by atoms with Crippen LogP contribution in [-0.2, 0) is 0 Å². The van der Waals surface area contributed by atoms with Crippen molar-refractivity contribution in [2.75, 3.05) is 6.61 Å². The maximum Gasteiger partial charge on any atom is 0.0614 e. The van der Waals surface area contributed by atoms with Gasteiger partial charge in [-0.2, -0.15) is 0 Å². The Morgan fingerprint density at radius 2 is 1.59 bits per heavy atom.